The highest BCUT2D eigenvalue weighted by molar-refractivity contribution is 8.26. The van der Waals surface area contributed by atoms with Crippen molar-refractivity contribution in [3.63, 3.8) is 0 Å². The summed E-state index contributed by atoms with van der Waals surface area (Å²) >= 11 is 13.0. The summed E-state index contributed by atoms with van der Waals surface area (Å²) in [6, 6.07) is 9.48. The van der Waals surface area contributed by atoms with Gasteiger partial charge in [-0.1, -0.05) is 67.1 Å². The number of hydrogen-bond donors (Lipinski definition) is 1. The zero-order chi connectivity index (χ0) is 24.1. The molecule has 0 spiro atoms. The van der Waals surface area contributed by atoms with Crippen LogP contribution in [-0.4, -0.2) is 26.2 Å². The van der Waals surface area contributed by atoms with Gasteiger partial charge in [0.2, 0.25) is 0 Å². The molecule has 1 fully saturated rings. The zero-order valence-corrected chi connectivity index (χ0v) is 21.2. The number of hydrogen-bond acceptors (Lipinski definition) is 6. The first-order chi connectivity index (χ1) is 15.8. The van der Waals surface area contributed by atoms with Crippen LogP contribution in [0.25, 0.3) is 6.08 Å². The van der Waals surface area contributed by atoms with Crippen LogP contribution in [0.4, 0.5) is 5.82 Å². The highest BCUT2D eigenvalue weighted by atomic mass is 35.5. The molecule has 0 bridgehead atoms. The minimum absolute atomic E-state index is 0.0628. The Kier molecular flexibility index (Phi) is 8.35. The number of carbonyl (C=O) groups excluding carboxylic acids is 1. The lowest BCUT2D eigenvalue weighted by Crippen LogP contribution is -2.29. The average Bonchev–Trinajstić information content (AvgIpc) is 3.06. The predicted octanol–water partition coefficient (Wildman–Crippen LogP) is 5.32. The molecule has 0 atom stereocenters. The van der Waals surface area contributed by atoms with E-state index in [-0.39, 0.29) is 17.0 Å². The Hall–Kier alpha value is -2.60. The fourth-order valence-electron chi connectivity index (χ4n) is 3.62. The van der Waals surface area contributed by atoms with Gasteiger partial charge in [0.1, 0.15) is 21.8 Å². The summed E-state index contributed by atoms with van der Waals surface area (Å²) in [6.07, 6.45) is 3.56. The van der Waals surface area contributed by atoms with Crippen molar-refractivity contribution >= 4 is 57.7 Å². The van der Waals surface area contributed by atoms with E-state index in [1.807, 2.05) is 31.2 Å². The first-order valence-electron chi connectivity index (χ1n) is 10.7. The second-order valence-electron chi connectivity index (χ2n) is 7.56. The van der Waals surface area contributed by atoms with Gasteiger partial charge in [-0.2, -0.15) is 5.26 Å². The van der Waals surface area contributed by atoms with E-state index in [9.17, 15) is 14.9 Å². The van der Waals surface area contributed by atoms with Gasteiger partial charge in [0, 0.05) is 30.2 Å². The Balaban J connectivity index is 2.11. The summed E-state index contributed by atoms with van der Waals surface area (Å²) in [4.78, 5) is 28.1. The molecule has 1 aromatic carbocycles. The number of pyridine rings is 1. The molecule has 1 aliphatic rings. The van der Waals surface area contributed by atoms with Crippen molar-refractivity contribution in [3.8, 4) is 6.07 Å². The van der Waals surface area contributed by atoms with Gasteiger partial charge in [0.15, 0.2) is 0 Å². The van der Waals surface area contributed by atoms with Crippen molar-refractivity contribution in [3.05, 3.63) is 66.8 Å². The molecule has 0 aliphatic carbocycles. The van der Waals surface area contributed by atoms with Gasteiger partial charge in [-0.25, -0.2) is 0 Å². The monoisotopic (exact) mass is 500 g/mol. The molecule has 6 nitrogen and oxygen atoms in total. The van der Waals surface area contributed by atoms with Crippen LogP contribution < -0.4 is 10.9 Å². The minimum Gasteiger partial charge on any atom is -0.367 e. The minimum atomic E-state index is -0.369. The van der Waals surface area contributed by atoms with Gasteiger partial charge < -0.3 is 5.32 Å². The van der Waals surface area contributed by atoms with E-state index < -0.39 is 0 Å². The van der Waals surface area contributed by atoms with E-state index in [0.717, 1.165) is 18.4 Å². The molecule has 9 heteroatoms. The third-order valence-corrected chi connectivity index (χ3v) is 7.23. The van der Waals surface area contributed by atoms with Crippen LogP contribution >= 0.6 is 35.6 Å². The van der Waals surface area contributed by atoms with E-state index in [1.165, 1.54) is 16.3 Å². The van der Waals surface area contributed by atoms with Crippen LogP contribution in [0, 0.1) is 18.3 Å². The number of thioether (sulfide) groups is 1. The summed E-state index contributed by atoms with van der Waals surface area (Å²) in [7, 11) is 0. The maximum Gasteiger partial charge on any atom is 0.270 e. The van der Waals surface area contributed by atoms with Gasteiger partial charge in [-0.3, -0.25) is 19.1 Å². The molecule has 0 radical (unpaired) electrons. The SMILES string of the molecule is CCCCN1C(=O)/C(=C\c2c(C)c(C#N)c(=O)n(CC)c2NCc2ccccc2Cl)SC1=S. The maximum absolute atomic E-state index is 13.0. The number of nitrogens with one attached hydrogen (secondary N) is 1. The molecule has 0 unspecified atom stereocenters. The molecule has 2 aromatic rings. The van der Waals surface area contributed by atoms with Crippen molar-refractivity contribution in [2.24, 2.45) is 0 Å². The third kappa shape index (κ3) is 5.16. The largest absolute Gasteiger partial charge is 0.367 e. The number of carbonyl (C=O) groups is 1. The highest BCUT2D eigenvalue weighted by Gasteiger charge is 2.32. The third-order valence-electron chi connectivity index (χ3n) is 5.48. The van der Waals surface area contributed by atoms with Crippen LogP contribution in [0.5, 0.6) is 0 Å². The predicted molar refractivity (Wildman–Crippen MR) is 139 cm³/mol. The van der Waals surface area contributed by atoms with Crippen molar-refractivity contribution in [2.45, 2.75) is 46.7 Å². The summed E-state index contributed by atoms with van der Waals surface area (Å²) in [5.41, 5.74) is 1.71. The van der Waals surface area contributed by atoms with E-state index in [1.54, 1.807) is 24.0 Å². The Morgan fingerprint density at radius 2 is 2.00 bits per heavy atom. The Bertz CT molecular complexity index is 1230. The normalized spacial score (nSPS) is 14.8. The number of rotatable bonds is 8. The quantitative estimate of drug-likeness (QED) is 0.390. The zero-order valence-electron chi connectivity index (χ0n) is 18.8. The Labute approximate surface area is 208 Å². The van der Waals surface area contributed by atoms with Crippen LogP contribution in [-0.2, 0) is 17.9 Å². The number of amides is 1. The molecule has 172 valence electrons. The van der Waals surface area contributed by atoms with E-state index >= 15 is 0 Å². The molecule has 1 amide bonds. The molecule has 1 saturated heterocycles. The van der Waals surface area contributed by atoms with Gasteiger partial charge in [-0.15, -0.1) is 0 Å². The average molecular weight is 501 g/mol. The highest BCUT2D eigenvalue weighted by Crippen LogP contribution is 2.35. The van der Waals surface area contributed by atoms with Crippen LogP contribution in [0.15, 0.2) is 34.0 Å². The summed E-state index contributed by atoms with van der Waals surface area (Å²) in [5, 5.41) is 13.6. The molecular weight excluding hydrogens is 476 g/mol. The summed E-state index contributed by atoms with van der Waals surface area (Å²) in [6.45, 7) is 6.94. The van der Waals surface area contributed by atoms with Crippen LogP contribution in [0.3, 0.4) is 0 Å². The van der Waals surface area contributed by atoms with Crippen molar-refractivity contribution < 1.29 is 4.79 Å². The first kappa shape index (κ1) is 25.0. The van der Waals surface area contributed by atoms with Gasteiger partial charge in [0.05, 0.1) is 4.91 Å². The fraction of sp³-hybridized carbons (Fsp3) is 0.333. The van der Waals surface area contributed by atoms with Crippen molar-refractivity contribution in [1.29, 1.82) is 5.26 Å². The van der Waals surface area contributed by atoms with E-state index in [4.69, 9.17) is 23.8 Å². The topological polar surface area (TPSA) is 78.1 Å². The van der Waals surface area contributed by atoms with Gasteiger partial charge in [-0.05, 0) is 43.5 Å². The smallest absolute Gasteiger partial charge is 0.270 e. The van der Waals surface area contributed by atoms with Crippen molar-refractivity contribution in [1.82, 2.24) is 9.47 Å². The number of aromatic nitrogens is 1. The van der Waals surface area contributed by atoms with Gasteiger partial charge >= 0.3 is 0 Å². The lowest BCUT2D eigenvalue weighted by atomic mass is 10.0. The van der Waals surface area contributed by atoms with Crippen LogP contribution in [0.1, 0.15) is 48.9 Å². The summed E-state index contributed by atoms with van der Waals surface area (Å²) < 4.78 is 2.04. The molecular formula is C24H25ClN4O2S2. The molecule has 1 aliphatic heterocycles. The fourth-order valence-corrected chi connectivity index (χ4v) is 5.11. The van der Waals surface area contributed by atoms with Crippen LogP contribution in [0.2, 0.25) is 5.02 Å². The Morgan fingerprint density at radius 3 is 2.64 bits per heavy atom. The number of halogens is 1. The number of unbranched alkanes of at least 4 members (excludes halogenated alkanes) is 1. The number of anilines is 1. The van der Waals surface area contributed by atoms with Crippen molar-refractivity contribution in [2.75, 3.05) is 11.9 Å². The number of nitrogens with zero attached hydrogens (tertiary/aromatic N) is 3. The van der Waals surface area contributed by atoms with Gasteiger partial charge in [0.25, 0.3) is 11.5 Å². The molecule has 0 saturated carbocycles. The molecule has 33 heavy (non-hydrogen) atoms. The Morgan fingerprint density at radius 1 is 1.27 bits per heavy atom. The lowest BCUT2D eigenvalue weighted by Gasteiger charge is -2.19. The first-order valence-corrected chi connectivity index (χ1v) is 12.3. The number of thiocarbonyl (C=S) groups is 1. The number of benzene rings is 1. The second kappa shape index (κ2) is 11.0. The molecule has 1 aromatic heterocycles. The number of nitriles is 1. The lowest BCUT2D eigenvalue weighted by molar-refractivity contribution is -0.122. The molecule has 3 rings (SSSR count). The van der Waals surface area contributed by atoms with E-state index in [2.05, 4.69) is 12.2 Å². The molecule has 2 heterocycles. The standard InChI is InChI=1S/C24H25ClN4O2S2/c1-4-6-11-29-23(31)20(33-24(29)32)12-17-15(3)18(13-26)22(30)28(5-2)21(17)27-14-16-9-7-8-10-19(16)25/h7-10,12,27H,4-6,11,14H2,1-3H3/b20-12+. The molecule has 1 N–H and O–H groups in total. The van der Waals surface area contributed by atoms with E-state index in [0.29, 0.717) is 50.8 Å². The second-order valence-corrected chi connectivity index (χ2v) is 9.64. The maximum atomic E-state index is 13.0. The summed E-state index contributed by atoms with van der Waals surface area (Å²) in [5.74, 6) is 0.389.